The number of carbonyl (C=O) groups excluding carboxylic acids is 2. The van der Waals surface area contributed by atoms with Gasteiger partial charge < -0.3 is 10.1 Å². The third-order valence-corrected chi connectivity index (χ3v) is 7.05. The number of nitrogens with one attached hydrogen (secondary N) is 1. The summed E-state index contributed by atoms with van der Waals surface area (Å²) in [6.07, 6.45) is 3.80. The maximum absolute atomic E-state index is 13.2. The Balaban J connectivity index is 1.79. The molecule has 0 unspecified atom stereocenters. The number of esters is 1. The van der Waals surface area contributed by atoms with Crippen LogP contribution in [0.3, 0.4) is 0 Å². The van der Waals surface area contributed by atoms with Crippen LogP contribution in [0.1, 0.15) is 48.5 Å². The molecular formula is C22H26N2O5S. The van der Waals surface area contributed by atoms with Gasteiger partial charge in [-0.3, -0.25) is 9.59 Å². The number of hydrogen-bond acceptors (Lipinski definition) is 5. The van der Waals surface area contributed by atoms with Gasteiger partial charge in [0.1, 0.15) is 5.75 Å². The van der Waals surface area contributed by atoms with E-state index in [1.165, 1.54) is 37.3 Å². The minimum absolute atomic E-state index is 0.215. The second-order valence-corrected chi connectivity index (χ2v) is 9.28. The highest BCUT2D eigenvalue weighted by atomic mass is 32.2. The minimum atomic E-state index is -3.62. The SMILES string of the molecule is CC(=O)Oc1ccc(C(=O)Nc2ccc(C)c(S(=O)(=O)N3CCCCCC3)c2)cc1. The van der Waals surface area contributed by atoms with Crippen LogP contribution in [-0.4, -0.2) is 37.7 Å². The van der Waals surface area contributed by atoms with Crippen molar-refractivity contribution < 1.29 is 22.7 Å². The first kappa shape index (κ1) is 22.0. The predicted octanol–water partition coefficient (Wildman–Crippen LogP) is 3.74. The monoisotopic (exact) mass is 430 g/mol. The second kappa shape index (κ2) is 9.40. The van der Waals surface area contributed by atoms with Gasteiger partial charge in [0.2, 0.25) is 10.0 Å². The van der Waals surface area contributed by atoms with Crippen LogP contribution < -0.4 is 10.1 Å². The van der Waals surface area contributed by atoms with E-state index in [9.17, 15) is 18.0 Å². The van der Waals surface area contributed by atoms with E-state index in [1.54, 1.807) is 23.4 Å². The van der Waals surface area contributed by atoms with Gasteiger partial charge in [0.05, 0.1) is 4.90 Å². The number of carbonyl (C=O) groups is 2. The highest BCUT2D eigenvalue weighted by molar-refractivity contribution is 7.89. The molecule has 2 aromatic carbocycles. The van der Waals surface area contributed by atoms with Crippen molar-refractivity contribution >= 4 is 27.6 Å². The normalized spacial score (nSPS) is 15.3. The number of nitrogens with zero attached hydrogens (tertiary/aromatic N) is 1. The third kappa shape index (κ3) is 5.25. The molecule has 0 aliphatic carbocycles. The van der Waals surface area contributed by atoms with Gasteiger partial charge in [-0.25, -0.2) is 8.42 Å². The predicted molar refractivity (Wildman–Crippen MR) is 114 cm³/mol. The zero-order chi connectivity index (χ0) is 21.7. The maximum atomic E-state index is 13.2. The lowest BCUT2D eigenvalue weighted by Crippen LogP contribution is -2.32. The quantitative estimate of drug-likeness (QED) is 0.576. The Bertz CT molecular complexity index is 1020. The summed E-state index contributed by atoms with van der Waals surface area (Å²) in [5, 5.41) is 2.74. The van der Waals surface area contributed by atoms with Crippen molar-refractivity contribution in [2.75, 3.05) is 18.4 Å². The van der Waals surface area contributed by atoms with Crippen LogP contribution in [0, 0.1) is 6.92 Å². The summed E-state index contributed by atoms with van der Waals surface area (Å²) in [6.45, 7) is 4.10. The lowest BCUT2D eigenvalue weighted by atomic mass is 10.2. The number of sulfonamides is 1. The molecule has 160 valence electrons. The highest BCUT2D eigenvalue weighted by Crippen LogP contribution is 2.26. The molecule has 1 aliphatic heterocycles. The summed E-state index contributed by atoms with van der Waals surface area (Å²) in [5.41, 5.74) is 1.41. The molecule has 7 nitrogen and oxygen atoms in total. The molecular weight excluding hydrogens is 404 g/mol. The number of amides is 1. The molecule has 3 rings (SSSR count). The molecule has 0 aromatic heterocycles. The molecule has 0 bridgehead atoms. The molecule has 1 aliphatic rings. The molecule has 2 aromatic rings. The van der Waals surface area contributed by atoms with Gasteiger partial charge in [-0.05, 0) is 61.7 Å². The van der Waals surface area contributed by atoms with Gasteiger partial charge in [-0.15, -0.1) is 0 Å². The van der Waals surface area contributed by atoms with Crippen molar-refractivity contribution in [3.8, 4) is 5.75 Å². The highest BCUT2D eigenvalue weighted by Gasteiger charge is 2.27. The van der Waals surface area contributed by atoms with Gasteiger partial charge in [0.25, 0.3) is 5.91 Å². The van der Waals surface area contributed by atoms with Crippen LogP contribution in [0.2, 0.25) is 0 Å². The molecule has 0 atom stereocenters. The summed E-state index contributed by atoms with van der Waals surface area (Å²) in [5.74, 6) is -0.475. The Kier molecular flexibility index (Phi) is 6.89. The second-order valence-electron chi connectivity index (χ2n) is 7.37. The van der Waals surface area contributed by atoms with Gasteiger partial charge in [-0.1, -0.05) is 18.9 Å². The van der Waals surface area contributed by atoms with Gasteiger partial charge in [-0.2, -0.15) is 4.31 Å². The van der Waals surface area contributed by atoms with E-state index in [-0.39, 0.29) is 10.8 Å². The summed E-state index contributed by atoms with van der Waals surface area (Å²) < 4.78 is 32.8. The molecule has 8 heteroatoms. The van der Waals surface area contributed by atoms with Crippen molar-refractivity contribution in [2.24, 2.45) is 0 Å². The molecule has 1 saturated heterocycles. The van der Waals surface area contributed by atoms with E-state index >= 15 is 0 Å². The van der Waals surface area contributed by atoms with Crippen molar-refractivity contribution in [1.82, 2.24) is 4.31 Å². The zero-order valence-electron chi connectivity index (χ0n) is 17.2. The minimum Gasteiger partial charge on any atom is -0.427 e. The molecule has 1 amide bonds. The fourth-order valence-corrected chi connectivity index (χ4v) is 5.19. The van der Waals surface area contributed by atoms with E-state index in [4.69, 9.17) is 4.74 Å². The standard InChI is InChI=1S/C22H26N2O5S/c1-16-7-10-19(15-21(16)30(27,28)24-13-5-3-4-6-14-24)23-22(26)18-8-11-20(12-9-18)29-17(2)25/h7-12,15H,3-6,13-14H2,1-2H3,(H,23,26). The first-order valence-electron chi connectivity index (χ1n) is 9.98. The molecule has 0 radical (unpaired) electrons. The van der Waals surface area contributed by atoms with Crippen LogP contribution in [0.5, 0.6) is 5.75 Å². The number of benzene rings is 2. The van der Waals surface area contributed by atoms with Crippen molar-refractivity contribution in [3.63, 3.8) is 0 Å². The average Bonchev–Trinajstić information content (AvgIpc) is 2.99. The van der Waals surface area contributed by atoms with Gasteiger partial charge in [0.15, 0.2) is 0 Å². The molecule has 1 N–H and O–H groups in total. The number of anilines is 1. The molecule has 1 fully saturated rings. The van der Waals surface area contributed by atoms with Crippen molar-refractivity contribution in [1.29, 1.82) is 0 Å². The summed E-state index contributed by atoms with van der Waals surface area (Å²) >= 11 is 0. The van der Waals surface area contributed by atoms with Crippen LogP contribution in [0.4, 0.5) is 5.69 Å². The smallest absolute Gasteiger partial charge is 0.308 e. The summed E-state index contributed by atoms with van der Waals surface area (Å²) in [7, 11) is -3.62. The first-order valence-corrected chi connectivity index (χ1v) is 11.4. The Morgan fingerprint density at radius 2 is 1.60 bits per heavy atom. The fraction of sp³-hybridized carbons (Fsp3) is 0.364. The number of aryl methyl sites for hydroxylation is 1. The number of rotatable bonds is 5. The summed E-state index contributed by atoms with van der Waals surface area (Å²) in [6, 6.07) is 11.0. The Hall–Kier alpha value is -2.71. The molecule has 30 heavy (non-hydrogen) atoms. The molecule has 0 saturated carbocycles. The van der Waals surface area contributed by atoms with E-state index < -0.39 is 16.0 Å². The topological polar surface area (TPSA) is 92.8 Å². The van der Waals surface area contributed by atoms with Crippen molar-refractivity contribution in [3.05, 3.63) is 53.6 Å². The van der Waals surface area contributed by atoms with Gasteiger partial charge >= 0.3 is 5.97 Å². The first-order chi connectivity index (χ1) is 14.3. The van der Waals surface area contributed by atoms with E-state index in [1.807, 2.05) is 0 Å². The van der Waals surface area contributed by atoms with Crippen LogP contribution >= 0.6 is 0 Å². The Morgan fingerprint density at radius 3 is 2.20 bits per heavy atom. The Morgan fingerprint density at radius 1 is 0.967 bits per heavy atom. The lowest BCUT2D eigenvalue weighted by molar-refractivity contribution is -0.131. The third-order valence-electron chi connectivity index (χ3n) is 5.01. The fourth-order valence-electron chi connectivity index (χ4n) is 3.42. The van der Waals surface area contributed by atoms with Crippen molar-refractivity contribution in [2.45, 2.75) is 44.4 Å². The number of hydrogen-bond donors (Lipinski definition) is 1. The molecule has 1 heterocycles. The lowest BCUT2D eigenvalue weighted by Gasteiger charge is -2.21. The largest absolute Gasteiger partial charge is 0.427 e. The number of ether oxygens (including phenoxy) is 1. The maximum Gasteiger partial charge on any atom is 0.308 e. The van der Waals surface area contributed by atoms with E-state index in [0.717, 1.165) is 25.7 Å². The van der Waals surface area contributed by atoms with Crippen LogP contribution in [-0.2, 0) is 14.8 Å². The van der Waals surface area contributed by atoms with E-state index in [0.29, 0.717) is 35.7 Å². The van der Waals surface area contributed by atoms with E-state index in [2.05, 4.69) is 5.32 Å². The summed E-state index contributed by atoms with van der Waals surface area (Å²) in [4.78, 5) is 23.8. The van der Waals surface area contributed by atoms with Crippen LogP contribution in [0.15, 0.2) is 47.4 Å². The zero-order valence-corrected chi connectivity index (χ0v) is 18.0. The Labute approximate surface area is 177 Å². The average molecular weight is 431 g/mol. The van der Waals surface area contributed by atoms with Gasteiger partial charge in [0, 0.05) is 31.3 Å². The van der Waals surface area contributed by atoms with Crippen LogP contribution in [0.25, 0.3) is 0 Å². The molecule has 0 spiro atoms.